The van der Waals surface area contributed by atoms with Gasteiger partial charge < -0.3 is 20.1 Å². The van der Waals surface area contributed by atoms with Crippen molar-refractivity contribution < 1.29 is 19.4 Å². The maximum atomic E-state index is 12.4. The van der Waals surface area contributed by atoms with E-state index in [2.05, 4.69) is 16.4 Å². The van der Waals surface area contributed by atoms with Crippen molar-refractivity contribution in [3.8, 4) is 6.07 Å². The lowest BCUT2D eigenvalue weighted by atomic mass is 9.88. The van der Waals surface area contributed by atoms with E-state index in [4.69, 9.17) is 4.74 Å². The highest BCUT2D eigenvalue weighted by molar-refractivity contribution is 7.16. The number of β-amino-alcohol motifs (C(OH)–C–C–N with tert-alkyl or cyclic N) is 1. The fourth-order valence-corrected chi connectivity index (χ4v) is 5.52. The van der Waals surface area contributed by atoms with E-state index < -0.39 is 6.10 Å². The van der Waals surface area contributed by atoms with Crippen LogP contribution in [-0.2, 0) is 22.4 Å². The Morgan fingerprint density at radius 1 is 1.42 bits per heavy atom. The maximum Gasteiger partial charge on any atom is 0.409 e. The number of carbonyl (C=O) groups is 2. The van der Waals surface area contributed by atoms with Crippen LogP contribution in [0.25, 0.3) is 6.08 Å². The Bertz CT molecular complexity index is 1080. The van der Waals surface area contributed by atoms with Gasteiger partial charge in [-0.1, -0.05) is 6.07 Å². The van der Waals surface area contributed by atoms with Crippen LogP contribution >= 0.6 is 11.3 Å². The number of nitriles is 1. The van der Waals surface area contributed by atoms with Crippen LogP contribution in [0.4, 0.5) is 9.80 Å². The van der Waals surface area contributed by atoms with E-state index in [1.54, 1.807) is 29.4 Å². The number of piperidine rings is 1. The molecule has 33 heavy (non-hydrogen) atoms. The van der Waals surface area contributed by atoms with Gasteiger partial charge in [0.05, 0.1) is 18.3 Å². The predicted octanol–water partition coefficient (Wildman–Crippen LogP) is 3.36. The van der Waals surface area contributed by atoms with E-state index in [-0.39, 0.29) is 17.9 Å². The SMILES string of the molecule is N#Cc1c(NC(=O)/C=C/c2cccnc2)sc2c1CC[C@H](COC(=O)N1CCC[C@H](O)C1)C2. The first-order valence-electron chi connectivity index (χ1n) is 11.1. The average Bonchev–Trinajstić information content (AvgIpc) is 3.17. The molecule has 3 heterocycles. The van der Waals surface area contributed by atoms with Crippen LogP contribution in [-0.4, -0.2) is 52.8 Å². The standard InChI is InChI=1S/C24H26N4O4S/c25-12-20-19-7-5-17(15-32-24(31)28-10-2-4-18(29)14-28)11-21(19)33-23(20)27-22(30)8-6-16-3-1-9-26-13-16/h1,3,6,8-9,13,17-18,29H,2,4-5,7,10-11,14-15H2,(H,27,30)/b8-6+/t17-,18-/m0/s1. The van der Waals surface area contributed by atoms with Crippen LogP contribution in [0.15, 0.2) is 30.6 Å². The average molecular weight is 467 g/mol. The summed E-state index contributed by atoms with van der Waals surface area (Å²) in [5.74, 6) is -0.140. The summed E-state index contributed by atoms with van der Waals surface area (Å²) in [4.78, 5) is 31.3. The van der Waals surface area contributed by atoms with Gasteiger partial charge in [0.1, 0.15) is 11.1 Å². The summed E-state index contributed by atoms with van der Waals surface area (Å²) in [6, 6.07) is 5.88. The molecule has 0 saturated carbocycles. The number of pyridine rings is 1. The van der Waals surface area contributed by atoms with Crippen LogP contribution in [0.1, 0.15) is 40.8 Å². The topological polar surface area (TPSA) is 116 Å². The molecule has 1 fully saturated rings. The number of hydrogen-bond donors (Lipinski definition) is 2. The lowest BCUT2D eigenvalue weighted by Gasteiger charge is -2.30. The third-order valence-corrected chi connectivity index (χ3v) is 7.09. The third-order valence-electron chi connectivity index (χ3n) is 5.92. The number of aliphatic hydroxyl groups is 1. The number of anilines is 1. The highest BCUT2D eigenvalue weighted by Crippen LogP contribution is 2.39. The number of amides is 2. The van der Waals surface area contributed by atoms with Crippen LogP contribution in [0.3, 0.4) is 0 Å². The first-order valence-corrected chi connectivity index (χ1v) is 11.9. The number of ether oxygens (including phenoxy) is 1. The number of rotatable bonds is 5. The van der Waals surface area contributed by atoms with Gasteiger partial charge in [-0.3, -0.25) is 9.78 Å². The van der Waals surface area contributed by atoms with Gasteiger partial charge in [-0.2, -0.15) is 5.26 Å². The van der Waals surface area contributed by atoms with E-state index in [1.165, 1.54) is 17.4 Å². The number of likely N-dealkylation sites (tertiary alicyclic amines) is 1. The summed E-state index contributed by atoms with van der Waals surface area (Å²) in [5, 5.41) is 22.8. The molecule has 2 amide bonds. The van der Waals surface area contributed by atoms with Crippen molar-refractivity contribution in [2.24, 2.45) is 5.92 Å². The molecule has 8 nitrogen and oxygen atoms in total. The Hall–Kier alpha value is -3.22. The van der Waals surface area contributed by atoms with Gasteiger partial charge in [0.2, 0.25) is 5.91 Å². The lowest BCUT2D eigenvalue weighted by molar-refractivity contribution is -0.111. The molecule has 0 spiro atoms. The zero-order valence-electron chi connectivity index (χ0n) is 18.2. The first kappa shape index (κ1) is 23.0. The van der Waals surface area contributed by atoms with Gasteiger partial charge in [-0.15, -0.1) is 11.3 Å². The lowest BCUT2D eigenvalue weighted by Crippen LogP contribution is -2.42. The number of aliphatic hydroxyl groups excluding tert-OH is 1. The molecule has 0 bridgehead atoms. The molecule has 1 saturated heterocycles. The highest BCUT2D eigenvalue weighted by atomic mass is 32.1. The van der Waals surface area contributed by atoms with E-state index >= 15 is 0 Å². The molecule has 2 N–H and O–H groups in total. The minimum atomic E-state index is -0.480. The Morgan fingerprint density at radius 2 is 2.30 bits per heavy atom. The summed E-state index contributed by atoms with van der Waals surface area (Å²) in [6.45, 7) is 1.24. The molecule has 1 aliphatic heterocycles. The minimum absolute atomic E-state index is 0.162. The fraction of sp³-hybridized carbons (Fsp3) is 0.417. The number of aromatic nitrogens is 1. The normalized spacial score (nSPS) is 20.2. The molecule has 172 valence electrons. The molecule has 0 unspecified atom stereocenters. The van der Waals surface area contributed by atoms with Crippen molar-refractivity contribution in [2.75, 3.05) is 25.0 Å². The van der Waals surface area contributed by atoms with Gasteiger partial charge in [-0.05, 0) is 61.3 Å². The van der Waals surface area contributed by atoms with Crippen molar-refractivity contribution in [1.29, 1.82) is 5.26 Å². The Labute approximate surface area is 196 Å². The highest BCUT2D eigenvalue weighted by Gasteiger charge is 2.28. The summed E-state index contributed by atoms with van der Waals surface area (Å²) >= 11 is 1.42. The largest absolute Gasteiger partial charge is 0.449 e. The molecular weight excluding hydrogens is 440 g/mol. The molecule has 9 heteroatoms. The first-order chi connectivity index (χ1) is 16.0. The number of fused-ring (bicyclic) bond motifs is 1. The van der Waals surface area contributed by atoms with Gasteiger partial charge >= 0.3 is 6.09 Å². The Morgan fingerprint density at radius 3 is 3.06 bits per heavy atom. The van der Waals surface area contributed by atoms with Crippen LogP contribution < -0.4 is 5.32 Å². The maximum absolute atomic E-state index is 12.4. The second-order valence-corrected chi connectivity index (χ2v) is 9.46. The number of carbonyl (C=O) groups excluding carboxylic acids is 2. The monoisotopic (exact) mass is 466 g/mol. The number of nitrogens with one attached hydrogen (secondary N) is 1. The number of hydrogen-bond acceptors (Lipinski definition) is 7. The van der Waals surface area contributed by atoms with Crippen LogP contribution in [0.5, 0.6) is 0 Å². The summed E-state index contributed by atoms with van der Waals surface area (Å²) in [7, 11) is 0. The van der Waals surface area contributed by atoms with Crippen molar-refractivity contribution in [3.05, 3.63) is 52.2 Å². The molecule has 1 aliphatic carbocycles. The molecule has 2 aliphatic rings. The fourth-order valence-electron chi connectivity index (χ4n) is 4.20. The molecule has 0 radical (unpaired) electrons. The van der Waals surface area contributed by atoms with E-state index in [1.807, 2.05) is 6.07 Å². The summed E-state index contributed by atoms with van der Waals surface area (Å²) in [5.41, 5.74) is 2.32. The summed E-state index contributed by atoms with van der Waals surface area (Å²) < 4.78 is 5.52. The molecule has 0 aromatic carbocycles. The zero-order valence-corrected chi connectivity index (χ0v) is 19.0. The summed E-state index contributed by atoms with van der Waals surface area (Å²) in [6.07, 6.45) is 9.28. The van der Waals surface area contributed by atoms with Crippen LogP contribution in [0, 0.1) is 17.2 Å². The molecule has 2 aromatic rings. The van der Waals surface area contributed by atoms with Gasteiger partial charge in [-0.25, -0.2) is 4.79 Å². The van der Waals surface area contributed by atoms with Gasteiger partial charge in [0, 0.05) is 36.4 Å². The molecular formula is C24H26N4O4S. The third kappa shape index (κ3) is 5.78. The van der Waals surface area contributed by atoms with Crippen molar-refractivity contribution in [1.82, 2.24) is 9.88 Å². The Kier molecular flexibility index (Phi) is 7.37. The van der Waals surface area contributed by atoms with Crippen molar-refractivity contribution >= 4 is 34.4 Å². The smallest absolute Gasteiger partial charge is 0.409 e. The van der Waals surface area contributed by atoms with Crippen molar-refractivity contribution in [2.45, 2.75) is 38.2 Å². The van der Waals surface area contributed by atoms with Crippen molar-refractivity contribution in [3.63, 3.8) is 0 Å². The Balaban J connectivity index is 1.35. The number of thiophene rings is 1. The predicted molar refractivity (Wildman–Crippen MR) is 125 cm³/mol. The second kappa shape index (κ2) is 10.6. The quantitative estimate of drug-likeness (QED) is 0.653. The molecule has 2 aromatic heterocycles. The zero-order chi connectivity index (χ0) is 23.2. The van der Waals surface area contributed by atoms with Gasteiger partial charge in [0.15, 0.2) is 0 Å². The van der Waals surface area contributed by atoms with E-state index in [0.717, 1.165) is 28.8 Å². The van der Waals surface area contributed by atoms with E-state index in [9.17, 15) is 20.0 Å². The minimum Gasteiger partial charge on any atom is -0.449 e. The second-order valence-electron chi connectivity index (χ2n) is 8.36. The van der Waals surface area contributed by atoms with Gasteiger partial charge in [0.25, 0.3) is 0 Å². The molecule has 4 rings (SSSR count). The molecule has 2 atom stereocenters. The number of nitrogens with zero attached hydrogens (tertiary/aromatic N) is 3. The van der Waals surface area contributed by atoms with Crippen LogP contribution in [0.2, 0.25) is 0 Å². The van der Waals surface area contributed by atoms with E-state index in [0.29, 0.717) is 49.5 Å².